The van der Waals surface area contributed by atoms with E-state index in [1.807, 2.05) is 0 Å². The Morgan fingerprint density at radius 2 is 1.85 bits per heavy atom. The van der Waals surface area contributed by atoms with E-state index in [0.717, 1.165) is 35.8 Å². The van der Waals surface area contributed by atoms with Gasteiger partial charge in [0, 0.05) is 6.07 Å². The third-order valence-corrected chi connectivity index (χ3v) is 6.49. The van der Waals surface area contributed by atoms with Gasteiger partial charge in [-0.15, -0.1) is 0 Å². The minimum absolute atomic E-state index is 0.0753. The summed E-state index contributed by atoms with van der Waals surface area (Å²) in [6.45, 7) is 8.96. The van der Waals surface area contributed by atoms with Crippen LogP contribution in [0.2, 0.25) is 0 Å². The molecule has 0 amide bonds. The third-order valence-electron chi connectivity index (χ3n) is 6.49. The molecule has 26 heavy (non-hydrogen) atoms. The Hall–Kier alpha value is -1.72. The van der Waals surface area contributed by atoms with Crippen molar-refractivity contribution in [1.82, 2.24) is 4.57 Å². The quantitative estimate of drug-likeness (QED) is 0.839. The van der Waals surface area contributed by atoms with Crippen molar-refractivity contribution >= 4 is 10.9 Å². The van der Waals surface area contributed by atoms with Gasteiger partial charge in [-0.3, -0.25) is 4.79 Å². The van der Waals surface area contributed by atoms with Gasteiger partial charge in [0.1, 0.15) is 12.4 Å². The lowest BCUT2D eigenvalue weighted by molar-refractivity contribution is -0.979. The van der Waals surface area contributed by atoms with Crippen molar-refractivity contribution in [2.75, 3.05) is 19.6 Å². The van der Waals surface area contributed by atoms with Crippen molar-refractivity contribution in [2.24, 2.45) is 0 Å². The first kappa shape index (κ1) is 17.7. The Labute approximate surface area is 153 Å². The molecule has 1 aromatic heterocycles. The summed E-state index contributed by atoms with van der Waals surface area (Å²) in [6, 6.07) is 6.31. The molecule has 1 N–H and O–H groups in total. The van der Waals surface area contributed by atoms with Gasteiger partial charge in [-0.2, -0.15) is 0 Å². The van der Waals surface area contributed by atoms with Crippen LogP contribution in [0.5, 0.6) is 0 Å². The zero-order chi connectivity index (χ0) is 18.7. The fraction of sp³-hybridized carbons (Fsp3) is 0.524. The molecular formula is C21H27FN2O2+. The summed E-state index contributed by atoms with van der Waals surface area (Å²) in [5.74, 6) is -0.424. The van der Waals surface area contributed by atoms with E-state index in [-0.39, 0.29) is 17.6 Å². The molecule has 2 aliphatic heterocycles. The van der Waals surface area contributed by atoms with E-state index in [1.165, 1.54) is 12.1 Å². The van der Waals surface area contributed by atoms with Crippen LogP contribution in [0.4, 0.5) is 4.39 Å². The molecule has 4 rings (SSSR count). The summed E-state index contributed by atoms with van der Waals surface area (Å²) in [4.78, 5) is 12.4. The number of benzene rings is 1. The van der Waals surface area contributed by atoms with E-state index in [2.05, 4.69) is 27.2 Å². The van der Waals surface area contributed by atoms with Crippen molar-refractivity contribution in [3.05, 3.63) is 52.4 Å². The Bertz CT molecular complexity index is 922. The van der Waals surface area contributed by atoms with E-state index in [1.54, 1.807) is 16.7 Å². The molecule has 1 unspecified atom stereocenters. The summed E-state index contributed by atoms with van der Waals surface area (Å²) in [5.41, 5.74) is -0.787. The lowest BCUT2D eigenvalue weighted by atomic mass is 9.87. The maximum atomic E-state index is 14.9. The minimum atomic E-state index is -1.37. The predicted octanol–water partition coefficient (Wildman–Crippen LogP) is 2.96. The van der Waals surface area contributed by atoms with Crippen LogP contribution in [0, 0.1) is 12.2 Å². The summed E-state index contributed by atoms with van der Waals surface area (Å²) < 4.78 is 17.1. The summed E-state index contributed by atoms with van der Waals surface area (Å²) in [5, 5.41) is 12.5. The van der Waals surface area contributed by atoms with Gasteiger partial charge in [-0.1, -0.05) is 0 Å². The molecule has 3 heterocycles. The first-order valence-electron chi connectivity index (χ1n) is 9.40. The highest BCUT2D eigenvalue weighted by molar-refractivity contribution is 5.84. The SMILES string of the molecule is CC(C)(C)[N+]1(CC2(O)Cn3c(=O)ccc4ccc(F)c2c43)CC[CH]CC1. The van der Waals surface area contributed by atoms with Gasteiger partial charge < -0.3 is 14.2 Å². The van der Waals surface area contributed by atoms with Gasteiger partial charge in [0.15, 0.2) is 5.60 Å². The molecule has 2 aromatic rings. The number of rotatable bonds is 2. The number of halogens is 1. The molecule has 1 radical (unpaired) electrons. The molecule has 1 aromatic carbocycles. The van der Waals surface area contributed by atoms with Gasteiger partial charge in [-0.25, -0.2) is 4.39 Å². The molecule has 0 spiro atoms. The van der Waals surface area contributed by atoms with Gasteiger partial charge in [0.05, 0.1) is 36.3 Å². The van der Waals surface area contributed by atoms with Crippen LogP contribution < -0.4 is 5.56 Å². The zero-order valence-electron chi connectivity index (χ0n) is 15.8. The topological polar surface area (TPSA) is 42.2 Å². The fourth-order valence-corrected chi connectivity index (χ4v) is 4.94. The van der Waals surface area contributed by atoms with E-state index in [0.29, 0.717) is 17.6 Å². The van der Waals surface area contributed by atoms with Gasteiger partial charge in [-0.05, 0) is 63.6 Å². The molecule has 1 fully saturated rings. The summed E-state index contributed by atoms with van der Waals surface area (Å²) in [6.07, 6.45) is 4.28. The second-order valence-corrected chi connectivity index (χ2v) is 8.94. The van der Waals surface area contributed by atoms with E-state index < -0.39 is 11.4 Å². The van der Waals surface area contributed by atoms with Crippen LogP contribution in [-0.2, 0) is 12.1 Å². The minimum Gasteiger partial charge on any atom is -0.377 e. The lowest BCUT2D eigenvalue weighted by Crippen LogP contribution is -2.66. The van der Waals surface area contributed by atoms with Crippen LogP contribution in [0.15, 0.2) is 29.1 Å². The second kappa shape index (κ2) is 5.64. The zero-order valence-corrected chi connectivity index (χ0v) is 15.8. The van der Waals surface area contributed by atoms with Crippen LogP contribution in [0.3, 0.4) is 0 Å². The maximum Gasteiger partial charge on any atom is 0.251 e. The Kier molecular flexibility index (Phi) is 3.83. The monoisotopic (exact) mass is 358 g/mol. The second-order valence-electron chi connectivity index (χ2n) is 8.94. The molecule has 5 heteroatoms. The number of quaternary nitrogens is 1. The van der Waals surface area contributed by atoms with Crippen LogP contribution >= 0.6 is 0 Å². The number of likely N-dealkylation sites (tertiary alicyclic amines) is 1. The normalized spacial score (nSPS) is 25.0. The van der Waals surface area contributed by atoms with Crippen molar-refractivity contribution in [3.63, 3.8) is 0 Å². The van der Waals surface area contributed by atoms with Crippen molar-refractivity contribution < 1.29 is 14.0 Å². The average molecular weight is 358 g/mol. The molecule has 2 aliphatic rings. The van der Waals surface area contributed by atoms with Gasteiger partial charge in [0.2, 0.25) is 0 Å². The number of hydrogen-bond acceptors (Lipinski definition) is 2. The molecule has 1 saturated heterocycles. The third kappa shape index (κ3) is 2.44. The molecule has 1 atom stereocenters. The van der Waals surface area contributed by atoms with E-state index in [4.69, 9.17) is 0 Å². The Morgan fingerprint density at radius 1 is 1.19 bits per heavy atom. The first-order chi connectivity index (χ1) is 12.2. The number of aliphatic hydroxyl groups is 1. The average Bonchev–Trinajstić information content (AvgIpc) is 2.88. The van der Waals surface area contributed by atoms with Crippen LogP contribution in [0.1, 0.15) is 39.2 Å². The number of hydrogen-bond donors (Lipinski definition) is 1. The van der Waals surface area contributed by atoms with Gasteiger partial charge >= 0.3 is 0 Å². The van der Waals surface area contributed by atoms with Crippen LogP contribution in [-0.4, -0.2) is 39.3 Å². The summed E-state index contributed by atoms with van der Waals surface area (Å²) >= 11 is 0. The number of pyridine rings is 1. The number of aromatic nitrogens is 1. The van der Waals surface area contributed by atoms with Crippen molar-refractivity contribution in [2.45, 2.75) is 51.3 Å². The molecule has 0 bridgehead atoms. The fourth-order valence-electron chi connectivity index (χ4n) is 4.94. The lowest BCUT2D eigenvalue weighted by Gasteiger charge is -2.53. The largest absolute Gasteiger partial charge is 0.377 e. The summed E-state index contributed by atoms with van der Waals surface area (Å²) in [7, 11) is 0. The highest BCUT2D eigenvalue weighted by atomic mass is 19.1. The number of piperidine rings is 1. The molecule has 139 valence electrons. The van der Waals surface area contributed by atoms with Crippen molar-refractivity contribution in [3.8, 4) is 0 Å². The standard InChI is InChI=1S/C21H27FN2O2/c1-20(2,3)24(11-5-4-6-12-24)14-21(26)13-23-17(25)10-8-15-7-9-16(22)18(21)19(15)23/h4,7-10,26H,5-6,11-14H2,1-3H3/q+1. The van der Waals surface area contributed by atoms with E-state index in [9.17, 15) is 14.3 Å². The molecule has 4 nitrogen and oxygen atoms in total. The Balaban J connectivity index is 1.87. The van der Waals surface area contributed by atoms with Crippen LogP contribution in [0.25, 0.3) is 10.9 Å². The molecule has 0 saturated carbocycles. The predicted molar refractivity (Wildman–Crippen MR) is 100 cm³/mol. The Morgan fingerprint density at radius 3 is 2.50 bits per heavy atom. The highest BCUT2D eigenvalue weighted by Gasteiger charge is 2.52. The molecule has 0 aliphatic carbocycles. The molecular weight excluding hydrogens is 331 g/mol. The number of nitrogens with zero attached hydrogens (tertiary/aromatic N) is 2. The highest BCUT2D eigenvalue weighted by Crippen LogP contribution is 2.42. The first-order valence-corrected chi connectivity index (χ1v) is 9.40. The maximum absolute atomic E-state index is 14.9. The van der Waals surface area contributed by atoms with Crippen molar-refractivity contribution in [1.29, 1.82) is 0 Å². The smallest absolute Gasteiger partial charge is 0.251 e. The van der Waals surface area contributed by atoms with E-state index >= 15 is 0 Å². The van der Waals surface area contributed by atoms with Gasteiger partial charge in [0.25, 0.3) is 5.56 Å².